The van der Waals surface area contributed by atoms with E-state index in [0.29, 0.717) is 6.04 Å². The van der Waals surface area contributed by atoms with Crippen molar-refractivity contribution in [3.8, 4) is 0 Å². The molecular weight excluding hydrogens is 320 g/mol. The monoisotopic (exact) mass is 342 g/mol. The van der Waals surface area contributed by atoms with Gasteiger partial charge < -0.3 is 5.32 Å². The van der Waals surface area contributed by atoms with Gasteiger partial charge in [0.05, 0.1) is 0 Å². The minimum Gasteiger partial charge on any atom is -0.313 e. The Kier molecular flexibility index (Phi) is 6.20. The van der Waals surface area contributed by atoms with Gasteiger partial charge in [-0.3, -0.25) is 4.90 Å². The van der Waals surface area contributed by atoms with Crippen molar-refractivity contribution in [2.24, 2.45) is 0 Å². The Morgan fingerprint density at radius 3 is 3.00 bits per heavy atom. The summed E-state index contributed by atoms with van der Waals surface area (Å²) in [6, 6.07) is 7.45. The molecule has 0 radical (unpaired) electrons. The number of halogens is 1. The first kappa shape index (κ1) is 15.4. The molecular formula is C15H23BrN2S. The fourth-order valence-corrected chi connectivity index (χ4v) is 3.95. The van der Waals surface area contributed by atoms with E-state index < -0.39 is 0 Å². The first-order valence-corrected chi connectivity index (χ1v) is 8.95. The predicted octanol–water partition coefficient (Wildman–Crippen LogP) is 3.50. The second kappa shape index (κ2) is 7.67. The fourth-order valence-electron chi connectivity index (χ4n) is 2.31. The number of nitrogens with one attached hydrogen (secondary N) is 1. The average molecular weight is 343 g/mol. The van der Waals surface area contributed by atoms with Crippen LogP contribution in [0.5, 0.6) is 0 Å². The highest BCUT2D eigenvalue weighted by molar-refractivity contribution is 9.10. The normalized spacial score (nSPS) is 20.7. The van der Waals surface area contributed by atoms with Crippen molar-refractivity contribution in [1.29, 1.82) is 0 Å². The second-order valence-electron chi connectivity index (χ2n) is 5.10. The summed E-state index contributed by atoms with van der Waals surface area (Å²) in [5, 5.41) is 3.37. The van der Waals surface area contributed by atoms with E-state index in [1.165, 1.54) is 33.7 Å². The molecule has 106 valence electrons. The van der Waals surface area contributed by atoms with Gasteiger partial charge in [0.1, 0.15) is 0 Å². The molecule has 2 rings (SSSR count). The van der Waals surface area contributed by atoms with Gasteiger partial charge in [-0.05, 0) is 30.7 Å². The van der Waals surface area contributed by atoms with E-state index in [1.807, 2.05) is 0 Å². The summed E-state index contributed by atoms with van der Waals surface area (Å²) in [5.74, 6) is 2.52. The van der Waals surface area contributed by atoms with Crippen molar-refractivity contribution in [2.75, 3.05) is 24.6 Å². The van der Waals surface area contributed by atoms with Crippen molar-refractivity contribution in [2.45, 2.75) is 33.0 Å². The minimum atomic E-state index is 0.687. The molecule has 1 fully saturated rings. The molecule has 1 saturated heterocycles. The van der Waals surface area contributed by atoms with Crippen LogP contribution in [0.25, 0.3) is 0 Å². The Hall–Kier alpha value is -0.0300. The third kappa shape index (κ3) is 4.48. The van der Waals surface area contributed by atoms with Crippen LogP contribution >= 0.6 is 27.7 Å². The van der Waals surface area contributed by atoms with Crippen LogP contribution in [0.2, 0.25) is 0 Å². The smallest absolute Gasteiger partial charge is 0.0248 e. The highest BCUT2D eigenvalue weighted by Gasteiger charge is 2.19. The highest BCUT2D eigenvalue weighted by atomic mass is 79.9. The Labute approximate surface area is 129 Å². The van der Waals surface area contributed by atoms with E-state index >= 15 is 0 Å². The molecule has 2 nitrogen and oxygen atoms in total. The molecule has 0 bridgehead atoms. The summed E-state index contributed by atoms with van der Waals surface area (Å²) >= 11 is 5.80. The maximum absolute atomic E-state index is 3.73. The van der Waals surface area contributed by atoms with Crippen molar-refractivity contribution < 1.29 is 0 Å². The van der Waals surface area contributed by atoms with Crippen LogP contribution in [0.1, 0.15) is 25.0 Å². The first-order chi connectivity index (χ1) is 9.20. The number of benzene rings is 1. The van der Waals surface area contributed by atoms with Crippen molar-refractivity contribution in [3.05, 3.63) is 33.8 Å². The van der Waals surface area contributed by atoms with Crippen molar-refractivity contribution >= 4 is 27.7 Å². The fraction of sp³-hybridized carbons (Fsp3) is 0.600. The van der Waals surface area contributed by atoms with Crippen molar-refractivity contribution in [1.82, 2.24) is 10.2 Å². The summed E-state index contributed by atoms with van der Waals surface area (Å²) in [4.78, 5) is 2.58. The van der Waals surface area contributed by atoms with Gasteiger partial charge in [-0.2, -0.15) is 11.8 Å². The maximum Gasteiger partial charge on any atom is 0.0248 e. The lowest BCUT2D eigenvalue weighted by molar-refractivity contribution is 0.223. The van der Waals surface area contributed by atoms with E-state index in [2.05, 4.69) is 70.0 Å². The van der Waals surface area contributed by atoms with Crippen molar-refractivity contribution in [3.63, 3.8) is 0 Å². The molecule has 0 amide bonds. The summed E-state index contributed by atoms with van der Waals surface area (Å²) in [7, 11) is 0. The van der Waals surface area contributed by atoms with Gasteiger partial charge >= 0.3 is 0 Å². The second-order valence-corrected chi connectivity index (χ2v) is 7.10. The molecule has 1 aliphatic heterocycles. The lowest BCUT2D eigenvalue weighted by atomic mass is 10.1. The van der Waals surface area contributed by atoms with Gasteiger partial charge in [-0.1, -0.05) is 35.0 Å². The summed E-state index contributed by atoms with van der Waals surface area (Å²) in [6.07, 6.45) is 0. The zero-order valence-corrected chi connectivity index (χ0v) is 14.2. The van der Waals surface area contributed by atoms with E-state index in [-0.39, 0.29) is 0 Å². The molecule has 0 aliphatic carbocycles. The molecule has 0 spiro atoms. The first-order valence-electron chi connectivity index (χ1n) is 7.00. The predicted molar refractivity (Wildman–Crippen MR) is 88.7 cm³/mol. The highest BCUT2D eigenvalue weighted by Crippen LogP contribution is 2.24. The van der Waals surface area contributed by atoms with Crippen LogP contribution in [-0.2, 0) is 13.1 Å². The SMILES string of the molecule is CCNCc1ccc(CN2CCSCC2C)c(Br)c1. The third-order valence-corrected chi connectivity index (χ3v) is 5.50. The zero-order chi connectivity index (χ0) is 13.7. The maximum atomic E-state index is 3.73. The zero-order valence-electron chi connectivity index (χ0n) is 11.8. The Bertz CT molecular complexity index is 411. The summed E-state index contributed by atoms with van der Waals surface area (Å²) < 4.78 is 1.24. The number of nitrogens with zero attached hydrogens (tertiary/aromatic N) is 1. The van der Waals surface area contributed by atoms with Gasteiger partial charge in [0.25, 0.3) is 0 Å². The molecule has 1 heterocycles. The molecule has 19 heavy (non-hydrogen) atoms. The molecule has 1 N–H and O–H groups in total. The number of thioether (sulfide) groups is 1. The number of rotatable bonds is 5. The van der Waals surface area contributed by atoms with Gasteiger partial charge in [0.15, 0.2) is 0 Å². The molecule has 1 atom stereocenters. The van der Waals surface area contributed by atoms with Crippen LogP contribution < -0.4 is 5.32 Å². The third-order valence-electron chi connectivity index (χ3n) is 3.58. The van der Waals surface area contributed by atoms with Crippen LogP contribution in [0.15, 0.2) is 22.7 Å². The standard InChI is InChI=1S/C15H23BrN2S/c1-3-17-9-13-4-5-14(15(16)8-13)10-18-6-7-19-11-12(18)2/h4-5,8,12,17H,3,6-7,9-11H2,1-2H3. The molecule has 0 aromatic heterocycles. The van der Waals surface area contributed by atoms with Crippen LogP contribution in [0.4, 0.5) is 0 Å². The molecule has 4 heteroatoms. The average Bonchev–Trinajstić information content (AvgIpc) is 2.41. The van der Waals surface area contributed by atoms with Crippen LogP contribution in [0.3, 0.4) is 0 Å². The molecule has 1 aromatic rings. The summed E-state index contributed by atoms with van der Waals surface area (Å²) in [6.45, 7) is 8.70. The van der Waals surface area contributed by atoms with E-state index in [9.17, 15) is 0 Å². The van der Waals surface area contributed by atoms with Crippen LogP contribution in [-0.4, -0.2) is 35.5 Å². The van der Waals surface area contributed by atoms with Gasteiger partial charge in [0, 0.05) is 41.7 Å². The minimum absolute atomic E-state index is 0.687. The quantitative estimate of drug-likeness (QED) is 0.881. The Morgan fingerprint density at radius 2 is 2.32 bits per heavy atom. The van der Waals surface area contributed by atoms with E-state index in [1.54, 1.807) is 0 Å². The van der Waals surface area contributed by atoms with Gasteiger partial charge in [0.2, 0.25) is 0 Å². The van der Waals surface area contributed by atoms with E-state index in [0.717, 1.165) is 19.6 Å². The van der Waals surface area contributed by atoms with E-state index in [4.69, 9.17) is 0 Å². The summed E-state index contributed by atoms with van der Waals surface area (Å²) in [5.41, 5.74) is 2.75. The Balaban J connectivity index is 2.00. The van der Waals surface area contributed by atoms with Gasteiger partial charge in [-0.25, -0.2) is 0 Å². The lowest BCUT2D eigenvalue weighted by Crippen LogP contribution is -2.39. The molecule has 1 aromatic carbocycles. The Morgan fingerprint density at radius 1 is 1.47 bits per heavy atom. The van der Waals surface area contributed by atoms with Crippen LogP contribution in [0, 0.1) is 0 Å². The lowest BCUT2D eigenvalue weighted by Gasteiger charge is -2.33. The molecule has 1 aliphatic rings. The topological polar surface area (TPSA) is 15.3 Å². The number of hydrogen-bond acceptors (Lipinski definition) is 3. The molecule has 0 saturated carbocycles. The largest absolute Gasteiger partial charge is 0.313 e. The molecule has 1 unspecified atom stereocenters. The van der Waals surface area contributed by atoms with Gasteiger partial charge in [-0.15, -0.1) is 0 Å². The number of hydrogen-bond donors (Lipinski definition) is 1.